The zero-order valence-electron chi connectivity index (χ0n) is 12.3. The second-order valence-electron chi connectivity index (χ2n) is 5.08. The topological polar surface area (TPSA) is 73.7 Å². The highest BCUT2D eigenvalue weighted by Gasteiger charge is 2.24. The van der Waals surface area contributed by atoms with E-state index in [2.05, 4.69) is 15.6 Å². The molecule has 2 aromatic rings. The first-order chi connectivity index (χ1) is 11.2. The van der Waals surface area contributed by atoms with Gasteiger partial charge in [0.05, 0.1) is 5.75 Å². The fourth-order valence-corrected chi connectivity index (χ4v) is 3.00. The van der Waals surface area contributed by atoms with Crippen LogP contribution in [0, 0.1) is 0 Å². The molecule has 0 radical (unpaired) electrons. The van der Waals surface area contributed by atoms with E-state index in [1.807, 2.05) is 60.7 Å². The van der Waals surface area contributed by atoms with Crippen molar-refractivity contribution in [3.63, 3.8) is 0 Å². The number of hydrogen-bond acceptors (Lipinski definition) is 5. The molecule has 0 spiro atoms. The Hall–Kier alpha value is -2.31. The van der Waals surface area contributed by atoms with Crippen LogP contribution in [-0.2, 0) is 4.79 Å². The molecular weight excluding hydrogens is 310 g/mol. The minimum Gasteiger partial charge on any atom is -0.481 e. The van der Waals surface area contributed by atoms with Gasteiger partial charge in [-0.25, -0.2) is 4.99 Å². The van der Waals surface area contributed by atoms with E-state index >= 15 is 0 Å². The molecular formula is C17H17N3O2S. The summed E-state index contributed by atoms with van der Waals surface area (Å²) in [5, 5.41) is 16.2. The lowest BCUT2D eigenvalue weighted by atomic mass is 10.1. The maximum Gasteiger partial charge on any atom is 0.313 e. The minimum atomic E-state index is -0.856. The van der Waals surface area contributed by atoms with Crippen molar-refractivity contribution in [2.45, 2.75) is 12.3 Å². The molecule has 2 atom stereocenters. The summed E-state index contributed by atoms with van der Waals surface area (Å²) in [6, 6.07) is 19.9. The zero-order chi connectivity index (χ0) is 16.1. The van der Waals surface area contributed by atoms with Crippen molar-refractivity contribution in [2.75, 3.05) is 5.75 Å². The molecule has 1 heterocycles. The molecule has 0 aliphatic carbocycles. The van der Waals surface area contributed by atoms with E-state index in [0.29, 0.717) is 5.17 Å². The Morgan fingerprint density at radius 1 is 1.04 bits per heavy atom. The Morgan fingerprint density at radius 3 is 2.26 bits per heavy atom. The molecule has 3 N–H and O–H groups in total. The van der Waals surface area contributed by atoms with Crippen LogP contribution >= 0.6 is 11.8 Å². The second-order valence-corrected chi connectivity index (χ2v) is 6.05. The lowest BCUT2D eigenvalue weighted by Gasteiger charge is -2.31. The van der Waals surface area contributed by atoms with Crippen LogP contribution in [0.1, 0.15) is 23.5 Å². The number of aliphatic carboxylic acids is 1. The Bertz CT molecular complexity index is 691. The number of carboxylic acids is 1. The molecule has 0 fully saturated rings. The highest BCUT2D eigenvalue weighted by molar-refractivity contribution is 8.14. The number of carboxylic acid groups (broad SMARTS) is 1. The number of nitrogens with one attached hydrogen (secondary N) is 2. The van der Waals surface area contributed by atoms with Crippen LogP contribution in [0.25, 0.3) is 0 Å². The lowest BCUT2D eigenvalue weighted by Crippen LogP contribution is -2.43. The van der Waals surface area contributed by atoms with Gasteiger partial charge in [0.25, 0.3) is 0 Å². The second kappa shape index (κ2) is 7.30. The molecule has 1 aliphatic heterocycles. The largest absolute Gasteiger partial charge is 0.481 e. The number of hydrogen-bond donors (Lipinski definition) is 3. The van der Waals surface area contributed by atoms with E-state index in [-0.39, 0.29) is 18.1 Å². The van der Waals surface area contributed by atoms with Crippen LogP contribution < -0.4 is 10.6 Å². The van der Waals surface area contributed by atoms with Crippen LogP contribution in [-0.4, -0.2) is 22.0 Å². The van der Waals surface area contributed by atoms with Crippen LogP contribution in [0.15, 0.2) is 65.7 Å². The first-order valence-corrected chi connectivity index (χ1v) is 8.26. The molecule has 0 saturated carbocycles. The van der Waals surface area contributed by atoms with Gasteiger partial charge >= 0.3 is 5.97 Å². The normalized spacial score (nSPS) is 20.4. The van der Waals surface area contributed by atoms with Crippen molar-refractivity contribution < 1.29 is 9.90 Å². The van der Waals surface area contributed by atoms with E-state index in [0.717, 1.165) is 11.1 Å². The number of aliphatic imine (C=N–C) groups is 1. The summed E-state index contributed by atoms with van der Waals surface area (Å²) in [7, 11) is 0. The highest BCUT2D eigenvalue weighted by Crippen LogP contribution is 2.25. The van der Waals surface area contributed by atoms with Crippen molar-refractivity contribution in [1.82, 2.24) is 10.6 Å². The van der Waals surface area contributed by atoms with Crippen molar-refractivity contribution in [3.8, 4) is 0 Å². The third kappa shape index (κ3) is 4.12. The molecule has 0 saturated heterocycles. The van der Waals surface area contributed by atoms with Gasteiger partial charge in [0, 0.05) is 0 Å². The number of carbonyl (C=O) groups is 1. The van der Waals surface area contributed by atoms with Crippen molar-refractivity contribution in [3.05, 3.63) is 71.8 Å². The van der Waals surface area contributed by atoms with E-state index < -0.39 is 5.97 Å². The Morgan fingerprint density at radius 2 is 1.65 bits per heavy atom. The van der Waals surface area contributed by atoms with Crippen molar-refractivity contribution in [2.24, 2.45) is 4.99 Å². The van der Waals surface area contributed by atoms with E-state index in [1.54, 1.807) is 0 Å². The number of benzene rings is 2. The van der Waals surface area contributed by atoms with Gasteiger partial charge in [-0.3, -0.25) is 10.1 Å². The molecule has 23 heavy (non-hydrogen) atoms. The number of rotatable bonds is 4. The fraction of sp³-hybridized carbons (Fsp3) is 0.176. The molecule has 0 aromatic heterocycles. The van der Waals surface area contributed by atoms with Gasteiger partial charge in [-0.15, -0.1) is 0 Å². The molecule has 0 amide bonds. The Balaban J connectivity index is 1.85. The minimum absolute atomic E-state index is 0.0190. The van der Waals surface area contributed by atoms with Gasteiger partial charge in [-0.1, -0.05) is 72.4 Å². The van der Waals surface area contributed by atoms with E-state index in [9.17, 15) is 4.79 Å². The van der Waals surface area contributed by atoms with Gasteiger partial charge in [-0.05, 0) is 11.1 Å². The third-order valence-corrected chi connectivity index (χ3v) is 4.31. The fourth-order valence-electron chi connectivity index (χ4n) is 2.35. The summed E-state index contributed by atoms with van der Waals surface area (Å²) in [5.74, 6) is -0.875. The number of amidine groups is 1. The maximum atomic E-state index is 10.8. The standard InChI is InChI=1S/C17H17N3O2S/c21-14(22)11-23-17-19-15(12-7-3-1-4-8-12)18-16(20-17)13-9-5-2-6-10-13/h1-10,15-16,18H,11H2,(H,19,20)(H,21,22). The average Bonchev–Trinajstić information content (AvgIpc) is 2.61. The summed E-state index contributed by atoms with van der Waals surface area (Å²) in [4.78, 5) is 15.4. The van der Waals surface area contributed by atoms with Gasteiger partial charge in [-0.2, -0.15) is 0 Å². The highest BCUT2D eigenvalue weighted by atomic mass is 32.2. The monoisotopic (exact) mass is 327 g/mol. The average molecular weight is 327 g/mol. The smallest absolute Gasteiger partial charge is 0.313 e. The summed E-state index contributed by atoms with van der Waals surface area (Å²) < 4.78 is 0. The summed E-state index contributed by atoms with van der Waals surface area (Å²) in [6.07, 6.45) is -0.325. The summed E-state index contributed by atoms with van der Waals surface area (Å²) in [5.41, 5.74) is 2.13. The van der Waals surface area contributed by atoms with Crippen LogP contribution in [0.2, 0.25) is 0 Å². The molecule has 2 unspecified atom stereocenters. The van der Waals surface area contributed by atoms with Crippen LogP contribution in [0.3, 0.4) is 0 Å². The molecule has 118 valence electrons. The molecule has 1 aliphatic rings. The SMILES string of the molecule is O=C(O)CSC1=NC(c2ccccc2)NC(c2ccccc2)N1. The van der Waals surface area contributed by atoms with Crippen molar-refractivity contribution in [1.29, 1.82) is 0 Å². The zero-order valence-corrected chi connectivity index (χ0v) is 13.2. The predicted molar refractivity (Wildman–Crippen MR) is 92.2 cm³/mol. The van der Waals surface area contributed by atoms with Crippen LogP contribution in [0.4, 0.5) is 0 Å². The molecule has 5 nitrogen and oxygen atoms in total. The molecule has 0 bridgehead atoms. The predicted octanol–water partition coefficient (Wildman–Crippen LogP) is 2.75. The van der Waals surface area contributed by atoms with Crippen LogP contribution in [0.5, 0.6) is 0 Å². The summed E-state index contributed by atoms with van der Waals surface area (Å²) >= 11 is 1.20. The van der Waals surface area contributed by atoms with E-state index in [4.69, 9.17) is 5.11 Å². The lowest BCUT2D eigenvalue weighted by molar-refractivity contribution is -0.133. The molecule has 3 rings (SSSR count). The first kappa shape index (κ1) is 15.6. The quantitative estimate of drug-likeness (QED) is 0.805. The Kier molecular flexibility index (Phi) is 4.95. The number of nitrogens with zero attached hydrogens (tertiary/aromatic N) is 1. The Labute approximate surface area is 138 Å². The number of thioether (sulfide) groups is 1. The third-order valence-electron chi connectivity index (χ3n) is 3.42. The first-order valence-electron chi connectivity index (χ1n) is 7.27. The van der Waals surface area contributed by atoms with Gasteiger partial charge in [0.2, 0.25) is 0 Å². The summed E-state index contributed by atoms with van der Waals surface area (Å²) in [6.45, 7) is 0. The molecule has 6 heteroatoms. The van der Waals surface area contributed by atoms with Gasteiger partial charge in [0.15, 0.2) is 5.17 Å². The molecule has 2 aromatic carbocycles. The maximum absolute atomic E-state index is 10.8. The van der Waals surface area contributed by atoms with E-state index in [1.165, 1.54) is 11.8 Å². The van der Waals surface area contributed by atoms with Crippen molar-refractivity contribution >= 4 is 22.9 Å². The van der Waals surface area contributed by atoms with Gasteiger partial charge < -0.3 is 10.4 Å². The van der Waals surface area contributed by atoms with Gasteiger partial charge in [0.1, 0.15) is 12.3 Å².